The summed E-state index contributed by atoms with van der Waals surface area (Å²) in [4.78, 5) is 26.2. The predicted octanol–water partition coefficient (Wildman–Crippen LogP) is 3.92. The number of halogens is 1. The summed E-state index contributed by atoms with van der Waals surface area (Å²) in [6, 6.07) is 14.3. The Morgan fingerprint density at radius 1 is 0.939 bits per heavy atom. The van der Waals surface area contributed by atoms with Gasteiger partial charge < -0.3 is 9.80 Å². The van der Waals surface area contributed by atoms with Crippen LogP contribution < -0.4 is 4.90 Å². The van der Waals surface area contributed by atoms with Gasteiger partial charge in [0.1, 0.15) is 17.5 Å². The highest BCUT2D eigenvalue weighted by atomic mass is 19.1. The van der Waals surface area contributed by atoms with Crippen LogP contribution in [-0.4, -0.2) is 56.7 Å². The first-order valence-corrected chi connectivity index (χ1v) is 11.1. The first kappa shape index (κ1) is 21.1. The van der Waals surface area contributed by atoms with Crippen LogP contribution in [0.5, 0.6) is 0 Å². The molecule has 0 radical (unpaired) electrons. The summed E-state index contributed by atoms with van der Waals surface area (Å²) in [6.07, 6.45) is 2.56. The van der Waals surface area contributed by atoms with E-state index in [1.54, 1.807) is 23.2 Å². The van der Waals surface area contributed by atoms with Gasteiger partial charge in [-0.2, -0.15) is 5.10 Å². The molecule has 168 valence electrons. The van der Waals surface area contributed by atoms with E-state index >= 15 is 0 Å². The molecule has 3 heterocycles. The number of hydrogen-bond acceptors (Lipinski definition) is 5. The molecule has 2 aromatic carbocycles. The number of carbonyl (C=O) groups excluding carboxylic acids is 1. The van der Waals surface area contributed by atoms with Gasteiger partial charge in [-0.1, -0.05) is 29.8 Å². The van der Waals surface area contributed by atoms with Crippen molar-refractivity contribution in [3.8, 4) is 5.69 Å². The third kappa shape index (κ3) is 4.04. The smallest absolute Gasteiger partial charge is 0.256 e. The zero-order valence-electron chi connectivity index (χ0n) is 18.7. The fourth-order valence-corrected chi connectivity index (χ4v) is 4.25. The molecular formula is C25H25FN6O. The van der Waals surface area contributed by atoms with Crippen molar-refractivity contribution in [2.24, 2.45) is 0 Å². The Balaban J connectivity index is 1.43. The lowest BCUT2D eigenvalue weighted by atomic mass is 10.2. The Morgan fingerprint density at radius 2 is 1.73 bits per heavy atom. The monoisotopic (exact) mass is 444 g/mol. The van der Waals surface area contributed by atoms with Crippen LogP contribution in [0.2, 0.25) is 0 Å². The number of hydrogen-bond donors (Lipinski definition) is 0. The van der Waals surface area contributed by atoms with Crippen LogP contribution in [0.4, 0.5) is 10.2 Å². The predicted molar refractivity (Wildman–Crippen MR) is 125 cm³/mol. The number of fused-ring (bicyclic) bond motifs is 1. The largest absolute Gasteiger partial charge is 0.354 e. The molecule has 4 aromatic rings. The average molecular weight is 445 g/mol. The standard InChI is InChI=1S/C25H25FN6O/c1-17-8-10-19(11-9-17)32-24-21(16-27-32)23(28-18(2)29-24)30-12-5-13-31(15-14-30)25(33)20-6-3-4-7-22(20)26/h3-4,6-11,16H,5,12-15H2,1-2H3. The van der Waals surface area contributed by atoms with Crippen molar-refractivity contribution >= 4 is 22.8 Å². The number of amides is 1. The zero-order valence-corrected chi connectivity index (χ0v) is 18.7. The first-order valence-electron chi connectivity index (χ1n) is 11.1. The van der Waals surface area contributed by atoms with E-state index < -0.39 is 5.82 Å². The molecule has 0 spiro atoms. The molecule has 1 aliphatic rings. The average Bonchev–Trinajstić information content (AvgIpc) is 3.07. The lowest BCUT2D eigenvalue weighted by molar-refractivity contribution is 0.0762. The molecule has 0 saturated carbocycles. The second-order valence-electron chi connectivity index (χ2n) is 8.34. The van der Waals surface area contributed by atoms with Gasteiger partial charge in [-0.3, -0.25) is 4.79 Å². The van der Waals surface area contributed by atoms with Crippen LogP contribution >= 0.6 is 0 Å². The number of aromatic nitrogens is 4. The molecule has 1 aliphatic heterocycles. The Hall–Kier alpha value is -3.81. The van der Waals surface area contributed by atoms with E-state index in [2.05, 4.69) is 21.9 Å². The molecule has 1 saturated heterocycles. The van der Waals surface area contributed by atoms with E-state index in [9.17, 15) is 9.18 Å². The fourth-order valence-electron chi connectivity index (χ4n) is 4.25. The molecule has 0 unspecified atom stereocenters. The van der Waals surface area contributed by atoms with Gasteiger partial charge in [0.15, 0.2) is 5.65 Å². The summed E-state index contributed by atoms with van der Waals surface area (Å²) < 4.78 is 16.0. The van der Waals surface area contributed by atoms with Gasteiger partial charge in [0, 0.05) is 26.2 Å². The van der Waals surface area contributed by atoms with E-state index in [1.807, 2.05) is 35.9 Å². The Kier molecular flexibility index (Phi) is 5.50. The molecule has 1 fully saturated rings. The summed E-state index contributed by atoms with van der Waals surface area (Å²) in [5.41, 5.74) is 2.99. The molecule has 0 atom stereocenters. The second-order valence-corrected chi connectivity index (χ2v) is 8.34. The van der Waals surface area contributed by atoms with Crippen molar-refractivity contribution in [2.75, 3.05) is 31.1 Å². The molecule has 0 aliphatic carbocycles. The maximum atomic E-state index is 14.1. The first-order chi connectivity index (χ1) is 16.0. The van der Waals surface area contributed by atoms with Gasteiger partial charge in [0.25, 0.3) is 5.91 Å². The van der Waals surface area contributed by atoms with Gasteiger partial charge in [0.2, 0.25) is 0 Å². The number of aryl methyl sites for hydroxylation is 2. The number of benzene rings is 2. The number of nitrogens with zero attached hydrogens (tertiary/aromatic N) is 6. The molecule has 0 bridgehead atoms. The van der Waals surface area contributed by atoms with Crippen molar-refractivity contribution < 1.29 is 9.18 Å². The molecule has 8 heteroatoms. The van der Waals surface area contributed by atoms with E-state index in [0.717, 1.165) is 35.5 Å². The van der Waals surface area contributed by atoms with Gasteiger partial charge in [-0.05, 0) is 44.5 Å². The normalized spacial score (nSPS) is 14.5. The molecule has 7 nitrogen and oxygen atoms in total. The van der Waals surface area contributed by atoms with Crippen LogP contribution in [0.15, 0.2) is 54.7 Å². The van der Waals surface area contributed by atoms with Gasteiger partial charge in [-0.15, -0.1) is 0 Å². The maximum Gasteiger partial charge on any atom is 0.256 e. The third-order valence-electron chi connectivity index (χ3n) is 5.99. The Labute approximate surface area is 191 Å². The number of anilines is 1. The highest BCUT2D eigenvalue weighted by Crippen LogP contribution is 2.27. The molecule has 2 aromatic heterocycles. The number of rotatable bonds is 3. The summed E-state index contributed by atoms with van der Waals surface area (Å²) in [6.45, 7) is 6.32. The van der Waals surface area contributed by atoms with Crippen molar-refractivity contribution in [1.29, 1.82) is 0 Å². The van der Waals surface area contributed by atoms with Crippen molar-refractivity contribution in [2.45, 2.75) is 20.3 Å². The second kappa shape index (κ2) is 8.61. The SMILES string of the molecule is Cc1ccc(-n2ncc3c(N4CCCN(C(=O)c5ccccc5F)CC4)nc(C)nc32)cc1. The zero-order chi connectivity index (χ0) is 22.9. The molecule has 5 rings (SSSR count). The summed E-state index contributed by atoms with van der Waals surface area (Å²) >= 11 is 0. The molecule has 33 heavy (non-hydrogen) atoms. The minimum atomic E-state index is -0.486. The van der Waals surface area contributed by atoms with Crippen molar-refractivity contribution in [3.05, 3.63) is 77.5 Å². The number of carbonyl (C=O) groups is 1. The molecular weight excluding hydrogens is 419 g/mol. The lowest BCUT2D eigenvalue weighted by Gasteiger charge is -2.23. The minimum absolute atomic E-state index is 0.116. The van der Waals surface area contributed by atoms with Gasteiger partial charge >= 0.3 is 0 Å². The van der Waals surface area contributed by atoms with Crippen LogP contribution in [0.25, 0.3) is 16.7 Å². The molecule has 1 amide bonds. The quantitative estimate of drug-likeness (QED) is 0.479. The van der Waals surface area contributed by atoms with Crippen LogP contribution in [0.1, 0.15) is 28.2 Å². The Morgan fingerprint density at radius 3 is 2.52 bits per heavy atom. The van der Waals surface area contributed by atoms with Gasteiger partial charge in [-0.25, -0.2) is 19.0 Å². The van der Waals surface area contributed by atoms with E-state index in [0.29, 0.717) is 25.5 Å². The Bertz CT molecular complexity index is 1320. The summed E-state index contributed by atoms with van der Waals surface area (Å²) in [5, 5.41) is 5.46. The topological polar surface area (TPSA) is 67.2 Å². The van der Waals surface area contributed by atoms with Crippen molar-refractivity contribution in [3.63, 3.8) is 0 Å². The van der Waals surface area contributed by atoms with E-state index in [1.165, 1.54) is 17.7 Å². The van der Waals surface area contributed by atoms with Crippen LogP contribution in [0, 0.1) is 19.7 Å². The van der Waals surface area contributed by atoms with Crippen LogP contribution in [0.3, 0.4) is 0 Å². The van der Waals surface area contributed by atoms with Crippen molar-refractivity contribution in [1.82, 2.24) is 24.6 Å². The van der Waals surface area contributed by atoms with Gasteiger partial charge in [0.05, 0.1) is 22.8 Å². The summed E-state index contributed by atoms with van der Waals surface area (Å²) in [7, 11) is 0. The highest BCUT2D eigenvalue weighted by molar-refractivity contribution is 5.94. The fraction of sp³-hybridized carbons (Fsp3) is 0.280. The van der Waals surface area contributed by atoms with E-state index in [4.69, 9.17) is 4.98 Å². The van der Waals surface area contributed by atoms with Crippen LogP contribution in [-0.2, 0) is 0 Å². The molecule has 0 N–H and O–H groups in total. The third-order valence-corrected chi connectivity index (χ3v) is 5.99. The van der Waals surface area contributed by atoms with E-state index in [-0.39, 0.29) is 11.5 Å². The lowest BCUT2D eigenvalue weighted by Crippen LogP contribution is -2.36. The highest BCUT2D eigenvalue weighted by Gasteiger charge is 2.25. The summed E-state index contributed by atoms with van der Waals surface area (Å²) in [5.74, 6) is 0.720. The maximum absolute atomic E-state index is 14.1. The minimum Gasteiger partial charge on any atom is -0.354 e.